The van der Waals surface area contributed by atoms with Gasteiger partial charge in [0.05, 0.1) is 6.04 Å². The summed E-state index contributed by atoms with van der Waals surface area (Å²) < 4.78 is 0. The van der Waals surface area contributed by atoms with E-state index in [1.807, 2.05) is 25.1 Å². The molecule has 0 radical (unpaired) electrons. The molecule has 0 spiro atoms. The van der Waals surface area contributed by atoms with Crippen LogP contribution in [0.4, 0.5) is 0 Å². The Morgan fingerprint density at radius 3 is 2.83 bits per heavy atom. The fourth-order valence-electron chi connectivity index (χ4n) is 2.03. The zero-order valence-electron chi connectivity index (χ0n) is 10.1. The summed E-state index contributed by atoms with van der Waals surface area (Å²) in [6.07, 6.45) is 0.971. The molecule has 0 bridgehead atoms. The van der Waals surface area contributed by atoms with Gasteiger partial charge in [0, 0.05) is 11.4 Å². The minimum absolute atomic E-state index is 0.0689. The van der Waals surface area contributed by atoms with Crippen LogP contribution in [0, 0.1) is 0 Å². The van der Waals surface area contributed by atoms with E-state index in [4.69, 9.17) is 11.6 Å². The van der Waals surface area contributed by atoms with E-state index in [0.29, 0.717) is 17.9 Å². The topological polar surface area (TPSA) is 58.2 Å². The van der Waals surface area contributed by atoms with Crippen molar-refractivity contribution in [2.24, 2.45) is 0 Å². The van der Waals surface area contributed by atoms with Crippen molar-refractivity contribution < 1.29 is 9.59 Å². The summed E-state index contributed by atoms with van der Waals surface area (Å²) in [6, 6.07) is 6.79. The predicted molar refractivity (Wildman–Crippen MR) is 69.2 cm³/mol. The van der Waals surface area contributed by atoms with Crippen LogP contribution in [0.2, 0.25) is 5.02 Å². The highest BCUT2D eigenvalue weighted by Crippen LogP contribution is 2.22. The molecule has 5 heteroatoms. The van der Waals surface area contributed by atoms with Crippen LogP contribution in [-0.4, -0.2) is 17.9 Å². The minimum Gasteiger partial charge on any atom is -0.348 e. The summed E-state index contributed by atoms with van der Waals surface area (Å²) in [6.45, 7) is 1.87. The van der Waals surface area contributed by atoms with E-state index in [1.54, 1.807) is 6.07 Å². The molecule has 0 aromatic heterocycles. The van der Waals surface area contributed by atoms with Crippen molar-refractivity contribution in [3.63, 3.8) is 0 Å². The number of amides is 2. The van der Waals surface area contributed by atoms with Crippen LogP contribution in [0.3, 0.4) is 0 Å². The molecule has 0 saturated carbocycles. The first-order valence-corrected chi connectivity index (χ1v) is 6.30. The standard InChI is InChI=1S/C13H15ClN2O2/c1-8(9-4-2-3-5-10(9)14)15-13(18)11-6-7-12(17)16-11/h2-5,8,11H,6-7H2,1H3,(H,15,18)(H,16,17)/t8-,11-/m0/s1. The number of carbonyl (C=O) groups excluding carboxylic acids is 2. The first-order chi connectivity index (χ1) is 8.58. The monoisotopic (exact) mass is 266 g/mol. The minimum atomic E-state index is -0.414. The van der Waals surface area contributed by atoms with Crippen LogP contribution in [0.1, 0.15) is 31.4 Å². The van der Waals surface area contributed by atoms with Gasteiger partial charge in [-0.25, -0.2) is 0 Å². The molecule has 18 heavy (non-hydrogen) atoms. The maximum Gasteiger partial charge on any atom is 0.243 e. The fourth-order valence-corrected chi connectivity index (χ4v) is 2.33. The molecule has 2 atom stereocenters. The van der Waals surface area contributed by atoms with Crippen molar-refractivity contribution in [1.29, 1.82) is 0 Å². The average molecular weight is 267 g/mol. The van der Waals surface area contributed by atoms with E-state index >= 15 is 0 Å². The Hall–Kier alpha value is -1.55. The normalized spacial score (nSPS) is 20.3. The lowest BCUT2D eigenvalue weighted by atomic mass is 10.1. The van der Waals surface area contributed by atoms with E-state index in [0.717, 1.165) is 5.56 Å². The number of hydrogen-bond donors (Lipinski definition) is 2. The number of rotatable bonds is 3. The maximum atomic E-state index is 11.9. The summed E-state index contributed by atoms with van der Waals surface area (Å²) in [5.41, 5.74) is 0.872. The molecule has 4 nitrogen and oxygen atoms in total. The summed E-state index contributed by atoms with van der Waals surface area (Å²) >= 11 is 6.06. The predicted octanol–water partition coefficient (Wildman–Crippen LogP) is 1.80. The van der Waals surface area contributed by atoms with Gasteiger partial charge in [0.2, 0.25) is 11.8 Å². The third kappa shape index (κ3) is 2.82. The Bertz CT molecular complexity index is 476. The van der Waals surface area contributed by atoms with Gasteiger partial charge in [-0.3, -0.25) is 9.59 Å². The maximum absolute atomic E-state index is 11.9. The molecule has 96 valence electrons. The molecule has 1 aromatic rings. The molecule has 1 fully saturated rings. The molecule has 1 heterocycles. The van der Waals surface area contributed by atoms with Crippen molar-refractivity contribution in [2.75, 3.05) is 0 Å². The van der Waals surface area contributed by atoms with Gasteiger partial charge in [-0.15, -0.1) is 0 Å². The lowest BCUT2D eigenvalue weighted by Gasteiger charge is -2.18. The Labute approximate surface area is 111 Å². The van der Waals surface area contributed by atoms with E-state index in [1.165, 1.54) is 0 Å². The average Bonchev–Trinajstić information content (AvgIpc) is 2.76. The first-order valence-electron chi connectivity index (χ1n) is 5.92. The van der Waals surface area contributed by atoms with Crippen LogP contribution in [0.15, 0.2) is 24.3 Å². The Morgan fingerprint density at radius 2 is 2.22 bits per heavy atom. The van der Waals surface area contributed by atoms with Gasteiger partial charge in [0.25, 0.3) is 0 Å². The molecule has 1 aromatic carbocycles. The van der Waals surface area contributed by atoms with Gasteiger partial charge in [-0.1, -0.05) is 29.8 Å². The summed E-state index contributed by atoms with van der Waals surface area (Å²) in [4.78, 5) is 23.0. The van der Waals surface area contributed by atoms with Gasteiger partial charge in [0.15, 0.2) is 0 Å². The second-order valence-electron chi connectivity index (χ2n) is 4.41. The number of hydrogen-bond acceptors (Lipinski definition) is 2. The van der Waals surface area contributed by atoms with Crippen LogP contribution >= 0.6 is 11.6 Å². The van der Waals surface area contributed by atoms with E-state index in [-0.39, 0.29) is 17.9 Å². The zero-order valence-corrected chi connectivity index (χ0v) is 10.8. The molecular formula is C13H15ClN2O2. The second kappa shape index (κ2) is 5.40. The van der Waals surface area contributed by atoms with Crippen LogP contribution in [0.5, 0.6) is 0 Å². The Morgan fingerprint density at radius 1 is 1.50 bits per heavy atom. The number of halogens is 1. The van der Waals surface area contributed by atoms with Crippen molar-refractivity contribution in [3.8, 4) is 0 Å². The third-order valence-corrected chi connectivity index (χ3v) is 3.39. The Kier molecular flexibility index (Phi) is 3.87. The highest BCUT2D eigenvalue weighted by atomic mass is 35.5. The van der Waals surface area contributed by atoms with Crippen LogP contribution in [-0.2, 0) is 9.59 Å². The van der Waals surface area contributed by atoms with Gasteiger partial charge in [-0.05, 0) is 25.0 Å². The Balaban J connectivity index is 1.99. The summed E-state index contributed by atoms with van der Waals surface area (Å²) in [5.74, 6) is -0.228. The first kappa shape index (κ1) is 12.9. The number of carbonyl (C=O) groups is 2. The molecular weight excluding hydrogens is 252 g/mol. The summed E-state index contributed by atoms with van der Waals surface area (Å²) in [5, 5.41) is 6.13. The van der Waals surface area contributed by atoms with Crippen molar-refractivity contribution >= 4 is 23.4 Å². The molecule has 2 rings (SSSR count). The largest absolute Gasteiger partial charge is 0.348 e. The van der Waals surface area contributed by atoms with E-state index in [9.17, 15) is 9.59 Å². The fraction of sp³-hybridized carbons (Fsp3) is 0.385. The smallest absolute Gasteiger partial charge is 0.243 e. The van der Waals surface area contributed by atoms with E-state index < -0.39 is 6.04 Å². The number of nitrogens with one attached hydrogen (secondary N) is 2. The molecule has 2 N–H and O–H groups in total. The second-order valence-corrected chi connectivity index (χ2v) is 4.82. The van der Waals surface area contributed by atoms with Crippen LogP contribution < -0.4 is 10.6 Å². The van der Waals surface area contributed by atoms with Gasteiger partial charge in [-0.2, -0.15) is 0 Å². The SMILES string of the molecule is C[C@H](NC(=O)[C@@H]1CCC(=O)N1)c1ccccc1Cl. The van der Waals surface area contributed by atoms with Crippen molar-refractivity contribution in [1.82, 2.24) is 10.6 Å². The lowest BCUT2D eigenvalue weighted by Crippen LogP contribution is -2.42. The molecule has 0 aliphatic carbocycles. The molecule has 2 amide bonds. The van der Waals surface area contributed by atoms with Crippen molar-refractivity contribution in [2.45, 2.75) is 31.8 Å². The number of benzene rings is 1. The molecule has 0 unspecified atom stereocenters. The van der Waals surface area contributed by atoms with E-state index in [2.05, 4.69) is 10.6 Å². The molecule has 1 saturated heterocycles. The van der Waals surface area contributed by atoms with Gasteiger partial charge >= 0.3 is 0 Å². The van der Waals surface area contributed by atoms with Crippen LogP contribution in [0.25, 0.3) is 0 Å². The summed E-state index contributed by atoms with van der Waals surface area (Å²) in [7, 11) is 0. The molecule has 1 aliphatic rings. The lowest BCUT2D eigenvalue weighted by molar-refractivity contribution is -0.126. The van der Waals surface area contributed by atoms with Gasteiger partial charge in [0.1, 0.15) is 6.04 Å². The quantitative estimate of drug-likeness (QED) is 0.876. The highest BCUT2D eigenvalue weighted by molar-refractivity contribution is 6.31. The zero-order chi connectivity index (χ0) is 13.1. The highest BCUT2D eigenvalue weighted by Gasteiger charge is 2.28. The third-order valence-electron chi connectivity index (χ3n) is 3.04. The van der Waals surface area contributed by atoms with Gasteiger partial charge < -0.3 is 10.6 Å². The molecule has 1 aliphatic heterocycles. The van der Waals surface area contributed by atoms with Crippen molar-refractivity contribution in [3.05, 3.63) is 34.9 Å².